The molecule has 3 nitrogen and oxygen atoms in total. The van der Waals surface area contributed by atoms with Crippen LogP contribution in [-0.2, 0) is 0 Å². The minimum atomic E-state index is 0.389. The molecule has 17 heavy (non-hydrogen) atoms. The number of nitrogens with one attached hydrogen (secondary N) is 1. The van der Waals surface area contributed by atoms with Gasteiger partial charge in [-0.05, 0) is 57.3 Å². The van der Waals surface area contributed by atoms with E-state index in [0.29, 0.717) is 18.3 Å². The second kappa shape index (κ2) is 5.41. The SMILES string of the molecule is CCOc1cc(C)c(C2CCNCC2)c(O)c1. The Morgan fingerprint density at radius 1 is 1.35 bits per heavy atom. The molecule has 1 heterocycles. The third-order valence-corrected chi connectivity index (χ3v) is 3.40. The van der Waals surface area contributed by atoms with Gasteiger partial charge in [-0.1, -0.05) is 0 Å². The lowest BCUT2D eigenvalue weighted by molar-refractivity contribution is 0.336. The number of rotatable bonds is 3. The van der Waals surface area contributed by atoms with Gasteiger partial charge in [0.1, 0.15) is 11.5 Å². The highest BCUT2D eigenvalue weighted by Crippen LogP contribution is 2.37. The van der Waals surface area contributed by atoms with E-state index in [2.05, 4.69) is 12.2 Å². The summed E-state index contributed by atoms with van der Waals surface area (Å²) in [6, 6.07) is 3.77. The first-order valence-electron chi connectivity index (χ1n) is 6.39. The molecule has 1 aromatic rings. The monoisotopic (exact) mass is 235 g/mol. The minimum Gasteiger partial charge on any atom is -0.508 e. The Balaban J connectivity index is 2.27. The van der Waals surface area contributed by atoms with Crippen molar-refractivity contribution in [3.63, 3.8) is 0 Å². The van der Waals surface area contributed by atoms with Gasteiger partial charge in [0.2, 0.25) is 0 Å². The molecule has 0 aliphatic carbocycles. The number of aromatic hydroxyl groups is 1. The van der Waals surface area contributed by atoms with Crippen molar-refractivity contribution in [1.82, 2.24) is 5.32 Å². The van der Waals surface area contributed by atoms with Crippen LogP contribution >= 0.6 is 0 Å². The molecule has 94 valence electrons. The molecule has 1 aliphatic rings. The van der Waals surface area contributed by atoms with Crippen molar-refractivity contribution in [2.24, 2.45) is 0 Å². The number of phenols is 1. The minimum absolute atomic E-state index is 0.389. The molecule has 2 N–H and O–H groups in total. The lowest BCUT2D eigenvalue weighted by atomic mass is 9.86. The van der Waals surface area contributed by atoms with E-state index in [4.69, 9.17) is 4.74 Å². The number of hydrogen-bond donors (Lipinski definition) is 2. The van der Waals surface area contributed by atoms with Crippen molar-refractivity contribution in [3.8, 4) is 11.5 Å². The zero-order chi connectivity index (χ0) is 12.3. The Bertz CT molecular complexity index is 361. The summed E-state index contributed by atoms with van der Waals surface area (Å²) in [6.07, 6.45) is 2.20. The topological polar surface area (TPSA) is 41.5 Å². The standard InChI is InChI=1S/C14H21NO2/c1-3-17-12-8-10(2)14(13(16)9-12)11-4-6-15-7-5-11/h8-9,11,15-16H,3-7H2,1-2H3. The summed E-state index contributed by atoms with van der Waals surface area (Å²) >= 11 is 0. The molecule has 1 aliphatic heterocycles. The number of phenolic OH excluding ortho intramolecular Hbond substituents is 1. The van der Waals surface area contributed by atoms with Gasteiger partial charge in [-0.2, -0.15) is 0 Å². The maximum Gasteiger partial charge on any atom is 0.123 e. The first kappa shape index (κ1) is 12.2. The van der Waals surface area contributed by atoms with Gasteiger partial charge in [0, 0.05) is 11.6 Å². The third kappa shape index (κ3) is 2.72. The molecule has 0 unspecified atom stereocenters. The summed E-state index contributed by atoms with van der Waals surface area (Å²) in [5.41, 5.74) is 2.25. The maximum atomic E-state index is 10.2. The van der Waals surface area contributed by atoms with Crippen LogP contribution in [0.3, 0.4) is 0 Å². The highest BCUT2D eigenvalue weighted by molar-refractivity contribution is 5.47. The van der Waals surface area contributed by atoms with Crippen LogP contribution in [0.4, 0.5) is 0 Å². The second-order valence-electron chi connectivity index (χ2n) is 4.63. The molecular formula is C14H21NO2. The van der Waals surface area contributed by atoms with Crippen LogP contribution in [-0.4, -0.2) is 24.8 Å². The first-order chi connectivity index (χ1) is 8.22. The Kier molecular flexibility index (Phi) is 3.89. The van der Waals surface area contributed by atoms with E-state index in [1.807, 2.05) is 13.0 Å². The van der Waals surface area contributed by atoms with Gasteiger partial charge in [0.05, 0.1) is 6.61 Å². The number of ether oxygens (including phenoxy) is 1. The smallest absolute Gasteiger partial charge is 0.123 e. The Labute approximate surface area is 103 Å². The summed E-state index contributed by atoms with van der Waals surface area (Å²) < 4.78 is 5.44. The quantitative estimate of drug-likeness (QED) is 0.846. The molecule has 1 saturated heterocycles. The average molecular weight is 235 g/mol. The van der Waals surface area contributed by atoms with Crippen LogP contribution in [0.1, 0.15) is 36.8 Å². The molecular weight excluding hydrogens is 214 g/mol. The summed E-state index contributed by atoms with van der Waals surface area (Å²) in [5.74, 6) is 1.63. The fraction of sp³-hybridized carbons (Fsp3) is 0.571. The molecule has 1 fully saturated rings. The van der Waals surface area contributed by atoms with Gasteiger partial charge in [-0.3, -0.25) is 0 Å². The van der Waals surface area contributed by atoms with Crippen LogP contribution in [0.25, 0.3) is 0 Å². The van der Waals surface area contributed by atoms with Gasteiger partial charge in [0.15, 0.2) is 0 Å². The van der Waals surface area contributed by atoms with E-state index in [9.17, 15) is 5.11 Å². The predicted octanol–water partition coefficient (Wildman–Crippen LogP) is 2.57. The highest BCUT2D eigenvalue weighted by atomic mass is 16.5. The summed E-state index contributed by atoms with van der Waals surface area (Å²) in [4.78, 5) is 0. The average Bonchev–Trinajstić information content (AvgIpc) is 2.30. The number of piperidine rings is 1. The van der Waals surface area contributed by atoms with Gasteiger partial charge >= 0.3 is 0 Å². The number of aryl methyl sites for hydroxylation is 1. The normalized spacial score (nSPS) is 17.1. The zero-order valence-corrected chi connectivity index (χ0v) is 10.6. The molecule has 0 radical (unpaired) electrons. The van der Waals surface area contributed by atoms with E-state index in [0.717, 1.165) is 42.8 Å². The molecule has 0 bridgehead atoms. The second-order valence-corrected chi connectivity index (χ2v) is 4.63. The van der Waals surface area contributed by atoms with Crippen LogP contribution in [0, 0.1) is 6.92 Å². The predicted molar refractivity (Wildman–Crippen MR) is 68.9 cm³/mol. The first-order valence-corrected chi connectivity index (χ1v) is 6.39. The summed E-state index contributed by atoms with van der Waals surface area (Å²) in [7, 11) is 0. The number of benzene rings is 1. The molecule has 3 heteroatoms. The van der Waals surface area contributed by atoms with E-state index < -0.39 is 0 Å². The zero-order valence-electron chi connectivity index (χ0n) is 10.6. The third-order valence-electron chi connectivity index (χ3n) is 3.40. The Morgan fingerprint density at radius 2 is 2.06 bits per heavy atom. The molecule has 0 amide bonds. The highest BCUT2D eigenvalue weighted by Gasteiger charge is 2.20. The van der Waals surface area contributed by atoms with E-state index in [1.165, 1.54) is 0 Å². The fourth-order valence-electron chi connectivity index (χ4n) is 2.64. The van der Waals surface area contributed by atoms with Crippen molar-refractivity contribution >= 4 is 0 Å². The van der Waals surface area contributed by atoms with E-state index >= 15 is 0 Å². The van der Waals surface area contributed by atoms with Gasteiger partial charge < -0.3 is 15.2 Å². The van der Waals surface area contributed by atoms with Crippen LogP contribution in [0.5, 0.6) is 11.5 Å². The van der Waals surface area contributed by atoms with Crippen LogP contribution in [0.15, 0.2) is 12.1 Å². The molecule has 0 aromatic heterocycles. The van der Waals surface area contributed by atoms with Crippen molar-refractivity contribution in [2.45, 2.75) is 32.6 Å². The van der Waals surface area contributed by atoms with E-state index in [-0.39, 0.29) is 0 Å². The van der Waals surface area contributed by atoms with Crippen molar-refractivity contribution in [2.75, 3.05) is 19.7 Å². The van der Waals surface area contributed by atoms with E-state index in [1.54, 1.807) is 6.07 Å². The molecule has 1 aromatic carbocycles. The van der Waals surface area contributed by atoms with Crippen LogP contribution < -0.4 is 10.1 Å². The lowest BCUT2D eigenvalue weighted by Gasteiger charge is -2.25. The van der Waals surface area contributed by atoms with Crippen molar-refractivity contribution in [3.05, 3.63) is 23.3 Å². The summed E-state index contributed by atoms with van der Waals surface area (Å²) in [5, 5.41) is 13.5. The van der Waals surface area contributed by atoms with Crippen LogP contribution in [0.2, 0.25) is 0 Å². The molecule has 0 spiro atoms. The molecule has 0 atom stereocenters. The fourth-order valence-corrected chi connectivity index (χ4v) is 2.64. The van der Waals surface area contributed by atoms with Gasteiger partial charge in [0.25, 0.3) is 0 Å². The number of hydrogen-bond acceptors (Lipinski definition) is 3. The Hall–Kier alpha value is -1.22. The van der Waals surface area contributed by atoms with Gasteiger partial charge in [-0.25, -0.2) is 0 Å². The largest absolute Gasteiger partial charge is 0.508 e. The summed E-state index contributed by atoms with van der Waals surface area (Å²) in [6.45, 7) is 6.71. The molecule has 0 saturated carbocycles. The van der Waals surface area contributed by atoms with Gasteiger partial charge in [-0.15, -0.1) is 0 Å². The van der Waals surface area contributed by atoms with Crippen molar-refractivity contribution in [1.29, 1.82) is 0 Å². The molecule has 2 rings (SSSR count). The van der Waals surface area contributed by atoms with Crippen molar-refractivity contribution < 1.29 is 9.84 Å². The maximum absolute atomic E-state index is 10.2. The Morgan fingerprint density at radius 3 is 2.65 bits per heavy atom. The lowest BCUT2D eigenvalue weighted by Crippen LogP contribution is -2.27.